The summed E-state index contributed by atoms with van der Waals surface area (Å²) in [6, 6.07) is 14.4. The zero-order chi connectivity index (χ0) is 23.5. The standard InChI is InChI=1S/C24H24ClN5O3/c1-4-33-23(32)21-16(3)29(13-20(31)28-18-11-10-15(2)19(25)12-18)24-26-14-27-30(24)22(21)17-8-6-5-7-9-17/h5-12,14,22H,4,13H2,1-3H3,(H,28,31)/t22-/m1/s1. The fraction of sp³-hybridized carbons (Fsp3) is 0.250. The minimum Gasteiger partial charge on any atom is -0.463 e. The van der Waals surface area contributed by atoms with E-state index in [-0.39, 0.29) is 19.1 Å². The van der Waals surface area contributed by atoms with Gasteiger partial charge in [-0.1, -0.05) is 48.0 Å². The molecule has 170 valence electrons. The molecule has 1 aliphatic rings. The third kappa shape index (κ3) is 4.47. The van der Waals surface area contributed by atoms with Gasteiger partial charge in [0.25, 0.3) is 0 Å². The lowest BCUT2D eigenvalue weighted by Crippen LogP contribution is -2.40. The number of amides is 1. The summed E-state index contributed by atoms with van der Waals surface area (Å²) in [6.45, 7) is 5.60. The number of hydrogen-bond acceptors (Lipinski definition) is 6. The molecule has 3 aromatic rings. The second kappa shape index (κ2) is 9.46. The molecule has 2 heterocycles. The molecule has 0 radical (unpaired) electrons. The first-order valence-corrected chi connectivity index (χ1v) is 10.9. The van der Waals surface area contributed by atoms with Gasteiger partial charge in [-0.2, -0.15) is 10.1 Å². The second-order valence-electron chi connectivity index (χ2n) is 7.64. The number of nitrogens with zero attached hydrogens (tertiary/aromatic N) is 4. The summed E-state index contributed by atoms with van der Waals surface area (Å²) < 4.78 is 7.01. The summed E-state index contributed by atoms with van der Waals surface area (Å²) in [5.41, 5.74) is 3.37. The van der Waals surface area contributed by atoms with Crippen molar-refractivity contribution >= 4 is 35.1 Å². The number of carbonyl (C=O) groups is 2. The number of benzene rings is 2. The third-order valence-electron chi connectivity index (χ3n) is 5.48. The molecule has 2 aromatic carbocycles. The number of carbonyl (C=O) groups excluding carboxylic acids is 2. The maximum Gasteiger partial charge on any atom is 0.338 e. The number of esters is 1. The fourth-order valence-electron chi connectivity index (χ4n) is 3.85. The number of halogens is 1. The fourth-order valence-corrected chi connectivity index (χ4v) is 4.03. The molecule has 0 saturated heterocycles. The molecular weight excluding hydrogens is 442 g/mol. The Kier molecular flexibility index (Phi) is 6.46. The van der Waals surface area contributed by atoms with Crippen LogP contribution in [0.25, 0.3) is 0 Å². The Balaban J connectivity index is 1.70. The number of fused-ring (bicyclic) bond motifs is 1. The van der Waals surface area contributed by atoms with E-state index in [4.69, 9.17) is 16.3 Å². The molecule has 8 nitrogen and oxygen atoms in total. The predicted octanol–water partition coefficient (Wildman–Crippen LogP) is 4.13. The number of ether oxygens (including phenoxy) is 1. The van der Waals surface area contributed by atoms with E-state index in [0.717, 1.165) is 11.1 Å². The van der Waals surface area contributed by atoms with Crippen molar-refractivity contribution in [1.82, 2.24) is 14.8 Å². The third-order valence-corrected chi connectivity index (χ3v) is 5.88. The van der Waals surface area contributed by atoms with Crippen molar-refractivity contribution in [1.29, 1.82) is 0 Å². The first-order chi connectivity index (χ1) is 15.9. The van der Waals surface area contributed by atoms with Gasteiger partial charge in [-0.15, -0.1) is 0 Å². The molecule has 0 fully saturated rings. The molecule has 0 spiro atoms. The van der Waals surface area contributed by atoms with Gasteiger partial charge in [-0.3, -0.25) is 4.79 Å². The number of hydrogen-bond donors (Lipinski definition) is 1. The average molecular weight is 466 g/mol. The summed E-state index contributed by atoms with van der Waals surface area (Å²) in [7, 11) is 0. The minimum atomic E-state index is -0.516. The monoisotopic (exact) mass is 465 g/mol. The van der Waals surface area contributed by atoms with E-state index in [0.29, 0.717) is 27.9 Å². The highest BCUT2D eigenvalue weighted by Crippen LogP contribution is 2.38. The maximum absolute atomic E-state index is 13.0. The predicted molar refractivity (Wildman–Crippen MR) is 126 cm³/mol. The molecule has 33 heavy (non-hydrogen) atoms. The van der Waals surface area contributed by atoms with Crippen molar-refractivity contribution in [3.63, 3.8) is 0 Å². The van der Waals surface area contributed by atoms with Crippen molar-refractivity contribution in [2.24, 2.45) is 0 Å². The van der Waals surface area contributed by atoms with Crippen molar-refractivity contribution in [3.8, 4) is 0 Å². The van der Waals surface area contributed by atoms with E-state index in [1.54, 1.807) is 35.6 Å². The van der Waals surface area contributed by atoms with Crippen LogP contribution in [0, 0.1) is 6.92 Å². The van der Waals surface area contributed by atoms with E-state index < -0.39 is 12.0 Å². The van der Waals surface area contributed by atoms with E-state index in [1.807, 2.05) is 43.3 Å². The number of anilines is 2. The Bertz CT molecular complexity index is 1220. The first-order valence-electron chi connectivity index (χ1n) is 10.6. The first kappa shape index (κ1) is 22.5. The number of allylic oxidation sites excluding steroid dienone is 1. The zero-order valence-electron chi connectivity index (χ0n) is 18.6. The maximum atomic E-state index is 13.0. The lowest BCUT2D eigenvalue weighted by atomic mass is 9.95. The molecule has 1 aliphatic heterocycles. The smallest absolute Gasteiger partial charge is 0.338 e. The molecular formula is C24H24ClN5O3. The van der Waals surface area contributed by atoms with Crippen molar-refractivity contribution in [2.75, 3.05) is 23.4 Å². The number of aromatic nitrogens is 3. The van der Waals surface area contributed by atoms with Crippen LogP contribution in [0.1, 0.15) is 31.0 Å². The second-order valence-corrected chi connectivity index (χ2v) is 8.04. The van der Waals surface area contributed by atoms with Crippen LogP contribution < -0.4 is 10.2 Å². The van der Waals surface area contributed by atoms with Gasteiger partial charge in [-0.25, -0.2) is 9.48 Å². The average Bonchev–Trinajstić information content (AvgIpc) is 3.28. The van der Waals surface area contributed by atoms with Crippen LogP contribution in [0.5, 0.6) is 0 Å². The molecule has 1 amide bonds. The van der Waals surface area contributed by atoms with E-state index in [9.17, 15) is 9.59 Å². The molecule has 9 heteroatoms. The van der Waals surface area contributed by atoms with Gasteiger partial charge >= 0.3 is 5.97 Å². The Morgan fingerprint density at radius 1 is 1.15 bits per heavy atom. The lowest BCUT2D eigenvalue weighted by Gasteiger charge is -2.35. The van der Waals surface area contributed by atoms with E-state index in [1.165, 1.54) is 6.33 Å². The van der Waals surface area contributed by atoms with Crippen LogP contribution in [-0.2, 0) is 14.3 Å². The summed E-state index contributed by atoms with van der Waals surface area (Å²) in [6.07, 6.45) is 1.41. The number of nitrogens with one attached hydrogen (secondary N) is 1. The molecule has 1 N–H and O–H groups in total. The SMILES string of the molecule is CCOC(=O)C1=C(C)N(CC(=O)Nc2ccc(C)c(Cl)c2)c2ncnn2[C@@H]1c1ccccc1. The van der Waals surface area contributed by atoms with Crippen LogP contribution >= 0.6 is 11.6 Å². The number of rotatable bonds is 6. The van der Waals surface area contributed by atoms with E-state index >= 15 is 0 Å². The summed E-state index contributed by atoms with van der Waals surface area (Å²) in [4.78, 5) is 32.0. The van der Waals surface area contributed by atoms with Crippen molar-refractivity contribution in [2.45, 2.75) is 26.8 Å². The molecule has 0 saturated carbocycles. The lowest BCUT2D eigenvalue weighted by molar-refractivity contribution is -0.139. The topological polar surface area (TPSA) is 89.3 Å². The molecule has 0 aliphatic carbocycles. The molecule has 0 unspecified atom stereocenters. The Hall–Kier alpha value is -3.65. The van der Waals surface area contributed by atoms with Gasteiger partial charge in [0.05, 0.1) is 12.2 Å². The normalized spacial score (nSPS) is 15.3. The Morgan fingerprint density at radius 3 is 2.61 bits per heavy atom. The Morgan fingerprint density at radius 2 is 1.91 bits per heavy atom. The highest BCUT2D eigenvalue weighted by atomic mass is 35.5. The highest BCUT2D eigenvalue weighted by Gasteiger charge is 2.38. The van der Waals surface area contributed by atoms with Gasteiger partial charge in [0.1, 0.15) is 18.9 Å². The van der Waals surface area contributed by atoms with Crippen LogP contribution in [-0.4, -0.2) is 39.8 Å². The van der Waals surface area contributed by atoms with Crippen LogP contribution in [0.3, 0.4) is 0 Å². The van der Waals surface area contributed by atoms with Gasteiger partial charge in [0.15, 0.2) is 0 Å². The minimum absolute atomic E-state index is 0.0690. The summed E-state index contributed by atoms with van der Waals surface area (Å²) in [5.74, 6) is -0.280. The molecule has 4 rings (SSSR count). The van der Waals surface area contributed by atoms with Gasteiger partial charge in [0.2, 0.25) is 11.9 Å². The van der Waals surface area contributed by atoms with Crippen molar-refractivity contribution in [3.05, 3.63) is 82.3 Å². The summed E-state index contributed by atoms with van der Waals surface area (Å²) in [5, 5.41) is 7.80. The quantitative estimate of drug-likeness (QED) is 0.551. The van der Waals surface area contributed by atoms with E-state index in [2.05, 4.69) is 15.4 Å². The van der Waals surface area contributed by atoms with Crippen LogP contribution in [0.2, 0.25) is 5.02 Å². The largest absolute Gasteiger partial charge is 0.463 e. The van der Waals surface area contributed by atoms with Crippen LogP contribution in [0.4, 0.5) is 11.6 Å². The van der Waals surface area contributed by atoms with Gasteiger partial charge < -0.3 is 15.0 Å². The van der Waals surface area contributed by atoms with Gasteiger partial charge in [-0.05, 0) is 44.0 Å². The number of aryl methyl sites for hydroxylation is 1. The van der Waals surface area contributed by atoms with Crippen molar-refractivity contribution < 1.29 is 14.3 Å². The highest BCUT2D eigenvalue weighted by molar-refractivity contribution is 6.31. The molecule has 0 bridgehead atoms. The molecule has 1 atom stereocenters. The van der Waals surface area contributed by atoms with Crippen LogP contribution in [0.15, 0.2) is 66.1 Å². The summed E-state index contributed by atoms with van der Waals surface area (Å²) >= 11 is 6.18. The zero-order valence-corrected chi connectivity index (χ0v) is 19.3. The Labute approximate surface area is 196 Å². The molecule has 1 aromatic heterocycles. The van der Waals surface area contributed by atoms with Gasteiger partial charge in [0, 0.05) is 16.4 Å².